The fraction of sp³-hybridized carbons (Fsp3) is 0.120. The average Bonchev–Trinajstić information content (AvgIpc) is 3.47. The van der Waals surface area contributed by atoms with Crippen molar-refractivity contribution in [3.63, 3.8) is 0 Å². The molecule has 5 aromatic rings. The number of benzene rings is 2. The molecule has 3 aromatic heterocycles. The third-order valence-electron chi connectivity index (χ3n) is 5.17. The minimum Gasteiger partial charge on any atom is -0.356 e. The van der Waals surface area contributed by atoms with Crippen molar-refractivity contribution in [2.45, 2.75) is 13.3 Å². The highest BCUT2D eigenvalue weighted by molar-refractivity contribution is 7.13. The first-order chi connectivity index (χ1) is 15.7. The summed E-state index contributed by atoms with van der Waals surface area (Å²) < 4.78 is 5.48. The first kappa shape index (κ1) is 20.1. The van der Waals surface area contributed by atoms with Gasteiger partial charge in [-0.3, -0.25) is 9.78 Å². The Bertz CT molecular complexity index is 1370. The zero-order chi connectivity index (χ0) is 21.9. The first-order valence-electron chi connectivity index (χ1n) is 10.3. The molecule has 0 atom stereocenters. The van der Waals surface area contributed by atoms with E-state index in [1.54, 1.807) is 29.7 Å². The van der Waals surface area contributed by atoms with Crippen molar-refractivity contribution >= 4 is 28.2 Å². The number of carbonyl (C=O) groups is 1. The van der Waals surface area contributed by atoms with Gasteiger partial charge in [-0.05, 0) is 37.3 Å². The van der Waals surface area contributed by atoms with Crippen LogP contribution in [-0.2, 0) is 6.42 Å². The Morgan fingerprint density at radius 3 is 2.78 bits per heavy atom. The van der Waals surface area contributed by atoms with Crippen molar-refractivity contribution < 1.29 is 9.32 Å². The SMILES string of the molecule is Cc1ccc(-c2nc(-c3noc4ccc(C(=O)NCCc5ccccn5)cc34)cs2)cc1. The summed E-state index contributed by atoms with van der Waals surface area (Å²) in [6.07, 6.45) is 2.43. The molecule has 7 heteroatoms. The number of aromatic nitrogens is 3. The number of hydrogen-bond acceptors (Lipinski definition) is 6. The Kier molecular flexibility index (Phi) is 5.47. The number of pyridine rings is 1. The molecule has 0 bridgehead atoms. The van der Waals surface area contributed by atoms with E-state index in [0.29, 0.717) is 29.8 Å². The van der Waals surface area contributed by atoms with Gasteiger partial charge in [0.05, 0.1) is 5.39 Å². The molecule has 1 amide bonds. The quantitative estimate of drug-likeness (QED) is 0.388. The number of nitrogens with zero attached hydrogens (tertiary/aromatic N) is 3. The van der Waals surface area contributed by atoms with E-state index in [0.717, 1.165) is 27.3 Å². The van der Waals surface area contributed by atoms with Gasteiger partial charge in [-0.25, -0.2) is 4.98 Å². The van der Waals surface area contributed by atoms with Crippen LogP contribution >= 0.6 is 11.3 Å². The number of aryl methyl sites for hydroxylation is 1. The third-order valence-corrected chi connectivity index (χ3v) is 6.06. The normalized spacial score (nSPS) is 11.0. The molecule has 0 unspecified atom stereocenters. The van der Waals surface area contributed by atoms with Crippen molar-refractivity contribution in [1.29, 1.82) is 0 Å². The van der Waals surface area contributed by atoms with E-state index in [-0.39, 0.29) is 5.91 Å². The van der Waals surface area contributed by atoms with Gasteiger partial charge < -0.3 is 9.84 Å². The molecule has 0 aliphatic rings. The third kappa shape index (κ3) is 4.15. The molecule has 3 heterocycles. The van der Waals surface area contributed by atoms with Gasteiger partial charge in [0.1, 0.15) is 16.4 Å². The minimum absolute atomic E-state index is 0.145. The van der Waals surface area contributed by atoms with Crippen LogP contribution in [0.25, 0.3) is 32.9 Å². The zero-order valence-electron chi connectivity index (χ0n) is 17.4. The van der Waals surface area contributed by atoms with E-state index >= 15 is 0 Å². The number of hydrogen-bond donors (Lipinski definition) is 1. The first-order valence-corrected chi connectivity index (χ1v) is 11.2. The fourth-order valence-corrected chi connectivity index (χ4v) is 4.24. The van der Waals surface area contributed by atoms with Crippen molar-refractivity contribution in [3.05, 3.63) is 89.1 Å². The number of carbonyl (C=O) groups excluding carboxylic acids is 1. The lowest BCUT2D eigenvalue weighted by Crippen LogP contribution is -2.25. The van der Waals surface area contributed by atoms with Crippen molar-refractivity contribution in [2.24, 2.45) is 0 Å². The Balaban J connectivity index is 1.36. The Hall–Kier alpha value is -3.84. The van der Waals surface area contributed by atoms with E-state index in [9.17, 15) is 4.79 Å². The summed E-state index contributed by atoms with van der Waals surface area (Å²) in [7, 11) is 0. The van der Waals surface area contributed by atoms with Crippen LogP contribution in [0.1, 0.15) is 21.6 Å². The molecule has 2 aromatic carbocycles. The highest BCUT2D eigenvalue weighted by Gasteiger charge is 2.16. The van der Waals surface area contributed by atoms with Crippen molar-refractivity contribution in [2.75, 3.05) is 6.54 Å². The van der Waals surface area contributed by atoms with Crippen molar-refractivity contribution in [1.82, 2.24) is 20.4 Å². The predicted octanol–water partition coefficient (Wildman–Crippen LogP) is 5.29. The summed E-state index contributed by atoms with van der Waals surface area (Å²) in [5.41, 5.74) is 5.76. The van der Waals surface area contributed by atoms with E-state index in [1.807, 2.05) is 29.6 Å². The molecular formula is C25H20N4O2S. The van der Waals surface area contributed by atoms with Gasteiger partial charge in [-0.15, -0.1) is 11.3 Å². The molecule has 1 N–H and O–H groups in total. The van der Waals surface area contributed by atoms with Crippen LogP contribution in [-0.4, -0.2) is 27.6 Å². The average molecular weight is 441 g/mol. The van der Waals surface area contributed by atoms with E-state index in [2.05, 4.69) is 46.6 Å². The Morgan fingerprint density at radius 2 is 1.97 bits per heavy atom. The van der Waals surface area contributed by atoms with Gasteiger partial charge in [0.25, 0.3) is 5.91 Å². The monoisotopic (exact) mass is 440 g/mol. The summed E-state index contributed by atoms with van der Waals surface area (Å²) >= 11 is 1.56. The number of fused-ring (bicyclic) bond motifs is 1. The van der Waals surface area contributed by atoms with Crippen LogP contribution in [0.5, 0.6) is 0 Å². The maximum atomic E-state index is 12.7. The molecule has 5 rings (SSSR count). The molecule has 0 aliphatic carbocycles. The number of thiazole rings is 1. The number of nitrogens with one attached hydrogen (secondary N) is 1. The van der Waals surface area contributed by atoms with Gasteiger partial charge in [0.2, 0.25) is 0 Å². The summed E-state index contributed by atoms with van der Waals surface area (Å²) in [6.45, 7) is 2.57. The predicted molar refractivity (Wildman–Crippen MR) is 126 cm³/mol. The van der Waals surface area contributed by atoms with Gasteiger partial charge in [-0.1, -0.05) is 41.1 Å². The minimum atomic E-state index is -0.145. The number of rotatable bonds is 6. The maximum Gasteiger partial charge on any atom is 0.251 e. The molecular weight excluding hydrogens is 420 g/mol. The second-order valence-electron chi connectivity index (χ2n) is 7.47. The molecule has 0 saturated heterocycles. The molecule has 0 saturated carbocycles. The summed E-state index contributed by atoms with van der Waals surface area (Å²) in [6, 6.07) is 19.3. The molecule has 0 fully saturated rings. The van der Waals surface area contributed by atoms with Crippen LogP contribution < -0.4 is 5.32 Å². The lowest BCUT2D eigenvalue weighted by molar-refractivity contribution is 0.0954. The van der Waals surface area contributed by atoms with Crippen LogP contribution in [0, 0.1) is 6.92 Å². The van der Waals surface area contributed by atoms with Gasteiger partial charge in [0.15, 0.2) is 5.58 Å². The second kappa shape index (κ2) is 8.72. The van der Waals surface area contributed by atoms with Crippen LogP contribution in [0.3, 0.4) is 0 Å². The maximum absolute atomic E-state index is 12.7. The number of amides is 1. The Morgan fingerprint density at radius 1 is 1.09 bits per heavy atom. The van der Waals surface area contributed by atoms with Crippen molar-refractivity contribution in [3.8, 4) is 22.0 Å². The summed E-state index contributed by atoms with van der Waals surface area (Å²) in [5.74, 6) is -0.145. The lowest BCUT2D eigenvalue weighted by Gasteiger charge is -2.05. The zero-order valence-corrected chi connectivity index (χ0v) is 18.2. The van der Waals surface area contributed by atoms with Gasteiger partial charge in [0, 0.05) is 41.4 Å². The molecule has 6 nitrogen and oxygen atoms in total. The van der Waals surface area contributed by atoms with E-state index in [1.165, 1.54) is 5.56 Å². The molecule has 158 valence electrons. The molecule has 0 aliphatic heterocycles. The van der Waals surface area contributed by atoms with Crippen LogP contribution in [0.2, 0.25) is 0 Å². The fourth-order valence-electron chi connectivity index (χ4n) is 3.43. The lowest BCUT2D eigenvalue weighted by atomic mass is 10.1. The van der Waals surface area contributed by atoms with Crippen LogP contribution in [0.15, 0.2) is 76.8 Å². The molecule has 0 spiro atoms. The standard InChI is InChI=1S/C25H20N4O2S/c1-16-5-7-17(8-6-16)25-28-21(15-32-25)23-20-14-18(9-10-22(20)31-29-23)24(30)27-13-11-19-4-2-3-12-26-19/h2-10,12,14-15H,11,13H2,1H3,(H,27,30). The topological polar surface area (TPSA) is 80.9 Å². The van der Waals surface area contributed by atoms with Crippen LogP contribution in [0.4, 0.5) is 0 Å². The van der Waals surface area contributed by atoms with E-state index in [4.69, 9.17) is 9.51 Å². The van der Waals surface area contributed by atoms with E-state index < -0.39 is 0 Å². The summed E-state index contributed by atoms with van der Waals surface area (Å²) in [5, 5.41) is 10.8. The van der Waals surface area contributed by atoms with Gasteiger partial charge >= 0.3 is 0 Å². The molecule has 0 radical (unpaired) electrons. The van der Waals surface area contributed by atoms with Gasteiger partial charge in [-0.2, -0.15) is 0 Å². The highest BCUT2D eigenvalue weighted by Crippen LogP contribution is 2.33. The largest absolute Gasteiger partial charge is 0.356 e. The smallest absolute Gasteiger partial charge is 0.251 e. The summed E-state index contributed by atoms with van der Waals surface area (Å²) in [4.78, 5) is 21.7. The second-order valence-corrected chi connectivity index (χ2v) is 8.33. The molecule has 32 heavy (non-hydrogen) atoms. The Labute approximate surface area is 189 Å². The highest BCUT2D eigenvalue weighted by atomic mass is 32.1.